The minimum atomic E-state index is -2.92. The van der Waals surface area contributed by atoms with Crippen molar-refractivity contribution < 1.29 is 8.42 Å². The molecule has 1 saturated carbocycles. The van der Waals surface area contributed by atoms with Gasteiger partial charge in [-0.05, 0) is 49.4 Å². The molecule has 0 spiro atoms. The Kier molecular flexibility index (Phi) is 11.4. The normalized spacial score (nSPS) is 24.6. The highest BCUT2D eigenvalue weighted by Crippen LogP contribution is 2.32. The van der Waals surface area contributed by atoms with Crippen molar-refractivity contribution in [1.29, 1.82) is 0 Å². The molecule has 2 rings (SSSR count). The summed E-state index contributed by atoms with van der Waals surface area (Å²) in [7, 11) is -1.08. The molecule has 8 heteroatoms. The van der Waals surface area contributed by atoms with E-state index in [0.717, 1.165) is 56.6 Å². The average molecular weight is 557 g/mol. The van der Waals surface area contributed by atoms with E-state index in [0.29, 0.717) is 6.42 Å². The first kappa shape index (κ1) is 27.9. The summed E-state index contributed by atoms with van der Waals surface area (Å²) in [5.74, 6) is 2.92. The first-order valence-corrected chi connectivity index (χ1v) is 13.4. The van der Waals surface area contributed by atoms with Gasteiger partial charge in [0.15, 0.2) is 5.96 Å². The molecule has 0 unspecified atom stereocenters. The minimum Gasteiger partial charge on any atom is -0.356 e. The molecule has 1 heterocycles. The van der Waals surface area contributed by atoms with E-state index in [-0.39, 0.29) is 35.1 Å². The van der Waals surface area contributed by atoms with Gasteiger partial charge in [-0.1, -0.05) is 27.7 Å². The summed E-state index contributed by atoms with van der Waals surface area (Å²) >= 11 is 0. The van der Waals surface area contributed by atoms with Crippen molar-refractivity contribution >= 4 is 39.8 Å². The second kappa shape index (κ2) is 12.2. The third-order valence-electron chi connectivity index (χ3n) is 6.90. The highest BCUT2D eigenvalue weighted by molar-refractivity contribution is 14.0. The van der Waals surface area contributed by atoms with Gasteiger partial charge in [0, 0.05) is 52.1 Å². The van der Waals surface area contributed by atoms with Crippen LogP contribution in [0.5, 0.6) is 0 Å². The van der Waals surface area contributed by atoms with Crippen molar-refractivity contribution in [1.82, 2.24) is 15.1 Å². The van der Waals surface area contributed by atoms with Crippen LogP contribution in [0.3, 0.4) is 0 Å². The highest BCUT2D eigenvalue weighted by Gasteiger charge is 2.30. The van der Waals surface area contributed by atoms with E-state index >= 15 is 0 Å². The fraction of sp³-hybridized carbons (Fsp3) is 0.955. The van der Waals surface area contributed by atoms with Gasteiger partial charge < -0.3 is 10.2 Å². The Bertz CT molecular complexity index is 636. The molecule has 1 aliphatic heterocycles. The largest absolute Gasteiger partial charge is 0.356 e. The van der Waals surface area contributed by atoms with Gasteiger partial charge in [0.05, 0.1) is 5.75 Å². The maximum Gasteiger partial charge on any atom is 0.193 e. The van der Waals surface area contributed by atoms with Crippen LogP contribution in [0, 0.1) is 17.3 Å². The molecule has 0 aromatic heterocycles. The Hall–Kier alpha value is -0.0900. The zero-order chi connectivity index (χ0) is 21.7. The first-order chi connectivity index (χ1) is 13.5. The molecule has 1 aliphatic carbocycles. The number of aliphatic imine (C=N–C) groups is 1. The van der Waals surface area contributed by atoms with Crippen LogP contribution < -0.4 is 5.32 Å². The average Bonchev–Trinajstić information content (AvgIpc) is 2.67. The maximum absolute atomic E-state index is 11.5. The van der Waals surface area contributed by atoms with Crippen LogP contribution in [-0.4, -0.2) is 82.0 Å². The zero-order valence-electron chi connectivity index (χ0n) is 20.0. The van der Waals surface area contributed by atoms with E-state index < -0.39 is 9.84 Å². The molecule has 0 atom stereocenters. The van der Waals surface area contributed by atoms with Crippen molar-refractivity contribution in [3.8, 4) is 0 Å². The van der Waals surface area contributed by atoms with Gasteiger partial charge in [-0.2, -0.15) is 0 Å². The summed E-state index contributed by atoms with van der Waals surface area (Å²) in [5.41, 5.74) is -0.0874. The maximum atomic E-state index is 11.5. The van der Waals surface area contributed by atoms with Crippen LogP contribution >= 0.6 is 24.0 Å². The Morgan fingerprint density at radius 1 is 1.10 bits per heavy atom. The van der Waals surface area contributed by atoms with Gasteiger partial charge in [0.2, 0.25) is 0 Å². The van der Waals surface area contributed by atoms with Gasteiger partial charge >= 0.3 is 0 Å². The molecule has 1 N–H and O–H groups in total. The molecule has 2 fully saturated rings. The zero-order valence-corrected chi connectivity index (χ0v) is 23.1. The van der Waals surface area contributed by atoms with Crippen LogP contribution in [-0.2, 0) is 9.84 Å². The molecule has 0 aromatic rings. The second-order valence-corrected chi connectivity index (χ2v) is 12.5. The van der Waals surface area contributed by atoms with Crippen molar-refractivity contribution in [3.05, 3.63) is 0 Å². The van der Waals surface area contributed by atoms with Crippen molar-refractivity contribution in [2.75, 3.05) is 51.8 Å². The summed E-state index contributed by atoms with van der Waals surface area (Å²) in [5, 5.41) is 3.49. The Balaban J connectivity index is 0.00000450. The van der Waals surface area contributed by atoms with E-state index in [2.05, 4.69) is 47.8 Å². The molecule has 30 heavy (non-hydrogen) atoms. The number of halogens is 1. The summed E-state index contributed by atoms with van der Waals surface area (Å²) in [6, 6.07) is 0.761. The molecule has 2 aliphatic rings. The SMILES string of the molecule is CN=C(NCC(C)(C)CCS(C)(=O)=O)N1CCN(C2CCC(C(C)C)CC2)CC1.I. The van der Waals surface area contributed by atoms with Gasteiger partial charge in [-0.15, -0.1) is 24.0 Å². The molecular formula is C22H45IN4O2S. The minimum absolute atomic E-state index is 0. The number of sulfone groups is 1. The van der Waals surface area contributed by atoms with E-state index in [1.807, 2.05) is 7.05 Å². The number of hydrogen-bond acceptors (Lipinski definition) is 4. The number of hydrogen-bond donors (Lipinski definition) is 1. The lowest BCUT2D eigenvalue weighted by Gasteiger charge is -2.43. The Labute approximate surface area is 202 Å². The van der Waals surface area contributed by atoms with Gasteiger partial charge in [0.25, 0.3) is 0 Å². The molecule has 1 saturated heterocycles. The molecule has 178 valence electrons. The monoisotopic (exact) mass is 556 g/mol. The molecule has 0 aromatic carbocycles. The fourth-order valence-corrected chi connectivity index (χ4v) is 5.56. The van der Waals surface area contributed by atoms with Gasteiger partial charge in [-0.3, -0.25) is 9.89 Å². The molecule has 0 amide bonds. The number of guanidine groups is 1. The number of piperazine rings is 1. The summed E-state index contributed by atoms with van der Waals surface area (Å²) < 4.78 is 22.9. The quantitative estimate of drug-likeness (QED) is 0.296. The van der Waals surface area contributed by atoms with Crippen molar-refractivity contribution in [2.45, 2.75) is 65.8 Å². The van der Waals surface area contributed by atoms with Crippen LogP contribution in [0.15, 0.2) is 4.99 Å². The lowest BCUT2D eigenvalue weighted by Crippen LogP contribution is -2.56. The standard InChI is InChI=1S/C22H44N4O2S.HI/c1-18(2)19-7-9-20(10-8-19)25-12-14-26(15-13-25)21(23-5)24-17-22(3,4)11-16-29(6,27)28;/h18-20H,7-17H2,1-6H3,(H,23,24);1H. The lowest BCUT2D eigenvalue weighted by molar-refractivity contribution is 0.0862. The van der Waals surface area contributed by atoms with Crippen LogP contribution in [0.4, 0.5) is 0 Å². The predicted molar refractivity (Wildman–Crippen MR) is 139 cm³/mol. The second-order valence-electron chi connectivity index (χ2n) is 10.3. The molecule has 6 nitrogen and oxygen atoms in total. The van der Waals surface area contributed by atoms with Crippen molar-refractivity contribution in [2.24, 2.45) is 22.2 Å². The van der Waals surface area contributed by atoms with E-state index in [4.69, 9.17) is 0 Å². The van der Waals surface area contributed by atoms with E-state index in [1.165, 1.54) is 31.9 Å². The predicted octanol–water partition coefficient (Wildman–Crippen LogP) is 3.47. The van der Waals surface area contributed by atoms with Gasteiger partial charge in [0.1, 0.15) is 9.84 Å². The number of rotatable bonds is 7. The van der Waals surface area contributed by atoms with Crippen molar-refractivity contribution in [3.63, 3.8) is 0 Å². The lowest BCUT2D eigenvalue weighted by atomic mass is 9.79. The van der Waals surface area contributed by atoms with Gasteiger partial charge in [-0.25, -0.2) is 8.42 Å². The number of nitrogens with zero attached hydrogens (tertiary/aromatic N) is 3. The highest BCUT2D eigenvalue weighted by atomic mass is 127. The molecule has 0 radical (unpaired) electrons. The van der Waals surface area contributed by atoms with Crippen LogP contribution in [0.2, 0.25) is 0 Å². The van der Waals surface area contributed by atoms with E-state index in [1.54, 1.807) is 0 Å². The third kappa shape index (κ3) is 9.18. The Morgan fingerprint density at radius 3 is 2.13 bits per heavy atom. The fourth-order valence-electron chi connectivity index (χ4n) is 4.63. The molecular weight excluding hydrogens is 511 g/mol. The van der Waals surface area contributed by atoms with Crippen LogP contribution in [0.25, 0.3) is 0 Å². The van der Waals surface area contributed by atoms with Crippen LogP contribution in [0.1, 0.15) is 59.8 Å². The summed E-state index contributed by atoms with van der Waals surface area (Å²) in [6.45, 7) is 13.9. The first-order valence-electron chi connectivity index (χ1n) is 11.4. The third-order valence-corrected chi connectivity index (χ3v) is 7.85. The summed E-state index contributed by atoms with van der Waals surface area (Å²) in [6.07, 6.45) is 7.43. The number of nitrogens with one attached hydrogen (secondary N) is 1. The molecule has 0 bridgehead atoms. The topological polar surface area (TPSA) is 65.0 Å². The Morgan fingerprint density at radius 2 is 1.67 bits per heavy atom. The summed E-state index contributed by atoms with van der Waals surface area (Å²) in [4.78, 5) is 9.53. The smallest absolute Gasteiger partial charge is 0.193 e. The van der Waals surface area contributed by atoms with E-state index in [9.17, 15) is 8.42 Å².